The third-order valence-corrected chi connectivity index (χ3v) is 8.58. The van der Waals surface area contributed by atoms with Gasteiger partial charge in [0.1, 0.15) is 0 Å². The lowest BCUT2D eigenvalue weighted by atomic mass is 9.93. The molecule has 0 saturated carbocycles. The summed E-state index contributed by atoms with van der Waals surface area (Å²) in [4.78, 5) is 15.4. The van der Waals surface area contributed by atoms with Crippen molar-refractivity contribution in [2.45, 2.75) is 50.6 Å². The first kappa shape index (κ1) is 28.0. The maximum Gasteiger partial charge on any atom is 0.224 e. The average molecular weight is 565 g/mol. The largest absolute Gasteiger partial charge is 0.385 e. The van der Waals surface area contributed by atoms with Crippen LogP contribution in [0.5, 0.6) is 0 Å². The van der Waals surface area contributed by atoms with Gasteiger partial charge in [0.25, 0.3) is 0 Å². The van der Waals surface area contributed by atoms with Crippen LogP contribution in [-0.2, 0) is 22.5 Å². The number of aromatic amines is 1. The van der Waals surface area contributed by atoms with Crippen molar-refractivity contribution in [2.75, 3.05) is 32.5 Å². The highest BCUT2D eigenvalue weighted by atomic mass is 16.5. The molecule has 218 valence electrons. The fourth-order valence-electron chi connectivity index (χ4n) is 6.41. The number of fused-ring (bicyclic) bond motifs is 2. The van der Waals surface area contributed by atoms with Crippen LogP contribution in [0.2, 0.25) is 0 Å². The number of nitrogen functional groups attached to an aromatic ring is 1. The Balaban J connectivity index is 1.08. The van der Waals surface area contributed by atoms with E-state index in [1.165, 1.54) is 16.6 Å². The number of aryl methyl sites for hydroxylation is 1. The number of nitrogens with two attached hydrogens (primary N) is 2. The molecule has 0 bridgehead atoms. The Bertz CT molecular complexity index is 1670. The van der Waals surface area contributed by atoms with Gasteiger partial charge in [0.15, 0.2) is 5.82 Å². The van der Waals surface area contributed by atoms with E-state index in [2.05, 4.69) is 81.5 Å². The van der Waals surface area contributed by atoms with Gasteiger partial charge < -0.3 is 25.7 Å². The Morgan fingerprint density at radius 2 is 1.90 bits per heavy atom. The number of para-hydroxylation sites is 1. The third kappa shape index (κ3) is 5.91. The zero-order chi connectivity index (χ0) is 29.1. The van der Waals surface area contributed by atoms with Gasteiger partial charge in [0.2, 0.25) is 5.91 Å². The molecule has 1 amide bonds. The Hall–Kier alpha value is -4.14. The zero-order valence-electron chi connectivity index (χ0n) is 24.3. The van der Waals surface area contributed by atoms with Gasteiger partial charge in [-0.15, -0.1) is 0 Å². The second kappa shape index (κ2) is 12.4. The van der Waals surface area contributed by atoms with Gasteiger partial charge in [-0.1, -0.05) is 48.5 Å². The smallest absolute Gasteiger partial charge is 0.224 e. The van der Waals surface area contributed by atoms with E-state index >= 15 is 0 Å². The second-order valence-corrected chi connectivity index (χ2v) is 11.5. The number of aromatic nitrogens is 3. The number of hydrogen-bond donors (Lipinski definition) is 3. The molecule has 2 atom stereocenters. The van der Waals surface area contributed by atoms with Crippen molar-refractivity contribution >= 4 is 33.5 Å². The average Bonchev–Trinajstić information content (AvgIpc) is 3.57. The molecule has 2 unspecified atom stereocenters. The molecule has 8 heteroatoms. The number of anilines is 1. The van der Waals surface area contributed by atoms with Crippen LogP contribution < -0.4 is 11.5 Å². The molecule has 8 nitrogen and oxygen atoms in total. The topological polar surface area (TPSA) is 115 Å². The first-order valence-corrected chi connectivity index (χ1v) is 14.9. The molecule has 0 radical (unpaired) electrons. The minimum absolute atomic E-state index is 0.150. The highest BCUT2D eigenvalue weighted by Crippen LogP contribution is 2.32. The molecule has 3 heterocycles. The van der Waals surface area contributed by atoms with Crippen LogP contribution >= 0.6 is 0 Å². The quantitative estimate of drug-likeness (QED) is 0.195. The normalized spacial score (nSPS) is 16.3. The van der Waals surface area contributed by atoms with E-state index in [4.69, 9.17) is 16.2 Å². The van der Waals surface area contributed by atoms with Crippen LogP contribution in [-0.4, -0.2) is 58.4 Å². The Morgan fingerprint density at radius 3 is 2.74 bits per heavy atom. The number of nitrogens with one attached hydrogen (secondary N) is 1. The predicted octanol–water partition coefficient (Wildman–Crippen LogP) is 5.47. The van der Waals surface area contributed by atoms with Crippen LogP contribution in [0.4, 0.5) is 5.82 Å². The number of hydrogen-bond acceptors (Lipinski definition) is 5. The molecule has 1 saturated heterocycles. The maximum atomic E-state index is 13.4. The number of likely N-dealkylation sites (tertiary alicyclic amines) is 1. The number of H-pyrrole nitrogens is 1. The second-order valence-electron chi connectivity index (χ2n) is 11.5. The van der Waals surface area contributed by atoms with Crippen LogP contribution in [0.1, 0.15) is 42.9 Å². The standard InChI is InChI=1S/C34H40N6O2/c1-42-17-5-16-40-31-8-3-2-6-26(31)20-32(40)27-7-4-15-39(22-27)33(41)21-28(35)18-23-9-11-24(12-10-23)25-13-14-30-29(19-25)34(36)38-37-30/h2-3,6,8-14,19-20,27-28H,4-5,7,15-18,21-22,35H2,1H3,(H3,36,37,38). The predicted molar refractivity (Wildman–Crippen MR) is 169 cm³/mol. The number of ether oxygens (including phenoxy) is 1. The molecular weight excluding hydrogens is 524 g/mol. The molecule has 1 aliphatic heterocycles. The number of amides is 1. The fraction of sp³-hybridized carbons (Fsp3) is 0.353. The van der Waals surface area contributed by atoms with E-state index in [9.17, 15) is 4.79 Å². The van der Waals surface area contributed by atoms with Crippen LogP contribution in [0.25, 0.3) is 32.9 Å². The molecule has 0 spiro atoms. The molecule has 3 aromatic carbocycles. The Labute approximate surface area is 246 Å². The summed E-state index contributed by atoms with van der Waals surface area (Å²) >= 11 is 0. The van der Waals surface area contributed by atoms with E-state index in [1.807, 2.05) is 11.0 Å². The summed E-state index contributed by atoms with van der Waals surface area (Å²) in [5.74, 6) is 0.971. The van der Waals surface area contributed by atoms with E-state index in [0.717, 1.165) is 73.1 Å². The van der Waals surface area contributed by atoms with Gasteiger partial charge in [0, 0.05) is 68.3 Å². The van der Waals surface area contributed by atoms with Crippen molar-refractivity contribution < 1.29 is 9.53 Å². The lowest BCUT2D eigenvalue weighted by Crippen LogP contribution is -2.42. The first-order chi connectivity index (χ1) is 20.5. The fourth-order valence-corrected chi connectivity index (χ4v) is 6.41. The minimum atomic E-state index is -0.230. The number of rotatable bonds is 10. The summed E-state index contributed by atoms with van der Waals surface area (Å²) in [6, 6.07) is 25.2. The molecule has 2 aromatic heterocycles. The van der Waals surface area contributed by atoms with Crippen LogP contribution in [0.15, 0.2) is 72.8 Å². The summed E-state index contributed by atoms with van der Waals surface area (Å²) in [5, 5.41) is 9.20. The van der Waals surface area contributed by atoms with Crippen molar-refractivity contribution in [3.05, 3.63) is 84.1 Å². The number of methoxy groups -OCH3 is 1. The van der Waals surface area contributed by atoms with Crippen molar-refractivity contribution in [1.29, 1.82) is 0 Å². The summed E-state index contributed by atoms with van der Waals surface area (Å²) in [7, 11) is 1.75. The van der Waals surface area contributed by atoms with Gasteiger partial charge in [-0.2, -0.15) is 5.10 Å². The van der Waals surface area contributed by atoms with E-state index in [0.29, 0.717) is 24.6 Å². The number of carbonyl (C=O) groups is 1. The van der Waals surface area contributed by atoms with E-state index < -0.39 is 0 Å². The molecule has 1 fully saturated rings. The monoisotopic (exact) mass is 564 g/mol. The number of benzene rings is 3. The number of nitrogens with zero attached hydrogens (tertiary/aromatic N) is 3. The van der Waals surface area contributed by atoms with Crippen molar-refractivity contribution in [3.8, 4) is 11.1 Å². The van der Waals surface area contributed by atoms with Crippen molar-refractivity contribution in [2.24, 2.45) is 5.73 Å². The van der Waals surface area contributed by atoms with Crippen molar-refractivity contribution in [3.63, 3.8) is 0 Å². The van der Waals surface area contributed by atoms with Gasteiger partial charge in [0.05, 0.1) is 5.52 Å². The van der Waals surface area contributed by atoms with Gasteiger partial charge in [-0.3, -0.25) is 9.89 Å². The summed E-state index contributed by atoms with van der Waals surface area (Å²) < 4.78 is 7.76. The molecular formula is C34H40N6O2. The number of carbonyl (C=O) groups excluding carboxylic acids is 1. The molecule has 0 aliphatic carbocycles. The van der Waals surface area contributed by atoms with Crippen LogP contribution in [0, 0.1) is 0 Å². The van der Waals surface area contributed by atoms with Gasteiger partial charge in [-0.25, -0.2) is 0 Å². The van der Waals surface area contributed by atoms with Gasteiger partial charge in [-0.05, 0) is 72.0 Å². The molecule has 5 N–H and O–H groups in total. The third-order valence-electron chi connectivity index (χ3n) is 8.58. The zero-order valence-corrected chi connectivity index (χ0v) is 24.3. The SMILES string of the molecule is COCCCn1c(C2CCCN(C(=O)CC(N)Cc3ccc(-c4ccc5[nH]nc(N)c5c4)cc3)C2)cc2ccccc21. The highest BCUT2D eigenvalue weighted by molar-refractivity contribution is 5.92. The van der Waals surface area contributed by atoms with E-state index in [-0.39, 0.29) is 11.9 Å². The molecule has 42 heavy (non-hydrogen) atoms. The number of piperidine rings is 1. The van der Waals surface area contributed by atoms with E-state index in [1.54, 1.807) is 7.11 Å². The lowest BCUT2D eigenvalue weighted by Gasteiger charge is -2.34. The van der Waals surface area contributed by atoms with Crippen molar-refractivity contribution in [1.82, 2.24) is 19.7 Å². The summed E-state index contributed by atoms with van der Waals surface area (Å²) in [6.45, 7) is 3.19. The molecule has 5 aromatic rings. The Kier molecular flexibility index (Phi) is 8.26. The Morgan fingerprint density at radius 1 is 1.10 bits per heavy atom. The first-order valence-electron chi connectivity index (χ1n) is 14.9. The van der Waals surface area contributed by atoms with Gasteiger partial charge >= 0.3 is 0 Å². The van der Waals surface area contributed by atoms with Crippen LogP contribution in [0.3, 0.4) is 0 Å². The molecule has 6 rings (SSSR count). The minimum Gasteiger partial charge on any atom is -0.385 e. The highest BCUT2D eigenvalue weighted by Gasteiger charge is 2.28. The maximum absolute atomic E-state index is 13.4. The summed E-state index contributed by atoms with van der Waals surface area (Å²) in [6.07, 6.45) is 4.06. The lowest BCUT2D eigenvalue weighted by molar-refractivity contribution is -0.132. The summed E-state index contributed by atoms with van der Waals surface area (Å²) in [5.41, 5.74) is 19.3. The molecule has 1 aliphatic rings.